The first-order chi connectivity index (χ1) is 14.5. The van der Waals surface area contributed by atoms with Gasteiger partial charge in [0.25, 0.3) is 0 Å². The average Bonchev–Trinajstić information content (AvgIpc) is 3.20. The molecule has 1 atom stereocenters. The fourth-order valence-corrected chi connectivity index (χ4v) is 3.53. The van der Waals surface area contributed by atoms with E-state index in [1.54, 1.807) is 12.2 Å². The summed E-state index contributed by atoms with van der Waals surface area (Å²) >= 11 is 0. The first-order valence-electron chi connectivity index (χ1n) is 10.2. The van der Waals surface area contributed by atoms with Gasteiger partial charge in [-0.1, -0.05) is 35.0 Å². The Balaban J connectivity index is 1.22. The van der Waals surface area contributed by atoms with Crippen LogP contribution in [0.3, 0.4) is 0 Å². The number of benzene rings is 1. The fraction of sp³-hybridized carbons (Fsp3) is 0.409. The number of carbonyl (C=O) groups excluding carboxylic acids is 1. The Morgan fingerprint density at radius 2 is 1.93 bits per heavy atom. The maximum Gasteiger partial charge on any atom is 0.241 e. The Bertz CT molecular complexity index is 929. The van der Waals surface area contributed by atoms with E-state index in [2.05, 4.69) is 25.3 Å². The van der Waals surface area contributed by atoms with Crippen molar-refractivity contribution in [2.24, 2.45) is 0 Å². The van der Waals surface area contributed by atoms with Crippen LogP contribution in [0.1, 0.15) is 23.7 Å². The number of halogens is 1. The van der Waals surface area contributed by atoms with Crippen LogP contribution in [-0.4, -0.2) is 64.7 Å². The molecule has 1 aromatic heterocycles. The molecule has 158 valence electrons. The molecular weight excluding hydrogens is 385 g/mol. The topological polar surface area (TPSA) is 74.5 Å². The zero-order valence-corrected chi connectivity index (χ0v) is 17.1. The van der Waals surface area contributed by atoms with Gasteiger partial charge in [-0.25, -0.2) is 4.39 Å². The van der Waals surface area contributed by atoms with Crippen molar-refractivity contribution < 1.29 is 13.7 Å². The summed E-state index contributed by atoms with van der Waals surface area (Å²) < 4.78 is 18.6. The molecule has 0 radical (unpaired) electrons. The Kier molecular flexibility index (Phi) is 6.35. The molecule has 1 N–H and O–H groups in total. The highest BCUT2D eigenvalue weighted by atomic mass is 19.1. The summed E-state index contributed by atoms with van der Waals surface area (Å²) in [5.41, 5.74) is 2.78. The molecule has 1 fully saturated rings. The maximum atomic E-state index is 13.2. The highest BCUT2D eigenvalue weighted by Crippen LogP contribution is 2.21. The lowest BCUT2D eigenvalue weighted by molar-refractivity contribution is -0.117. The number of amides is 1. The third kappa shape index (κ3) is 5.40. The van der Waals surface area contributed by atoms with Gasteiger partial charge in [0.2, 0.25) is 17.6 Å². The van der Waals surface area contributed by atoms with Crippen LogP contribution in [0.5, 0.6) is 0 Å². The minimum absolute atomic E-state index is 0.00169. The minimum atomic E-state index is -0.935. The van der Waals surface area contributed by atoms with Crippen LogP contribution in [0.4, 0.5) is 10.1 Å². The van der Waals surface area contributed by atoms with Crippen molar-refractivity contribution in [3.63, 3.8) is 0 Å². The normalized spacial score (nSPS) is 20.2. The average molecular weight is 411 g/mol. The first-order valence-corrected chi connectivity index (χ1v) is 10.2. The highest BCUT2D eigenvalue weighted by Gasteiger charge is 2.21. The van der Waals surface area contributed by atoms with Crippen LogP contribution >= 0.6 is 0 Å². The number of carbonyl (C=O) groups is 1. The summed E-state index contributed by atoms with van der Waals surface area (Å²) in [6, 6.07) is 7.80. The zero-order chi connectivity index (χ0) is 20.9. The van der Waals surface area contributed by atoms with Crippen molar-refractivity contribution in [3.05, 3.63) is 59.8 Å². The number of hydrogen-bond donors (Lipinski definition) is 1. The number of alkyl halides is 1. The molecule has 2 aromatic rings. The van der Waals surface area contributed by atoms with Crippen molar-refractivity contribution >= 4 is 17.2 Å². The van der Waals surface area contributed by atoms with Gasteiger partial charge in [0.15, 0.2) is 0 Å². The summed E-state index contributed by atoms with van der Waals surface area (Å²) in [7, 11) is 0. The van der Waals surface area contributed by atoms with Gasteiger partial charge in [0.1, 0.15) is 6.17 Å². The maximum absolute atomic E-state index is 13.2. The van der Waals surface area contributed by atoms with Gasteiger partial charge in [-0.15, -0.1) is 0 Å². The molecule has 4 rings (SSSR count). The Hall–Kier alpha value is -2.84. The SMILES string of the molecule is Cc1ccc(NC(=O)CN2CCN(Cc3nc(C4=CCC(F)C=C4)no3)CC2)cc1. The van der Waals surface area contributed by atoms with E-state index >= 15 is 0 Å². The van der Waals surface area contributed by atoms with Crippen LogP contribution < -0.4 is 5.32 Å². The molecule has 1 aliphatic carbocycles. The molecule has 1 saturated heterocycles. The molecule has 0 bridgehead atoms. The molecule has 30 heavy (non-hydrogen) atoms. The number of nitrogens with one attached hydrogen (secondary N) is 1. The standard InChI is InChI=1S/C22H26FN5O2/c1-16-2-8-19(9-3-16)24-20(29)14-27-10-12-28(13-11-27)15-21-25-22(26-30-21)17-4-6-18(23)7-5-17/h2-6,8-9,18H,7,10-15H2,1H3,(H,24,29). The molecule has 1 aliphatic heterocycles. The molecule has 1 aromatic carbocycles. The highest BCUT2D eigenvalue weighted by molar-refractivity contribution is 5.92. The number of nitrogens with zero attached hydrogens (tertiary/aromatic N) is 4. The van der Waals surface area contributed by atoms with Crippen molar-refractivity contribution in [1.82, 2.24) is 19.9 Å². The van der Waals surface area contributed by atoms with Gasteiger partial charge in [0.05, 0.1) is 13.1 Å². The van der Waals surface area contributed by atoms with E-state index in [0.29, 0.717) is 31.2 Å². The van der Waals surface area contributed by atoms with Crippen LogP contribution in [0, 0.1) is 6.92 Å². The molecule has 0 saturated carbocycles. The lowest BCUT2D eigenvalue weighted by atomic mass is 10.1. The van der Waals surface area contributed by atoms with Crippen molar-refractivity contribution in [3.8, 4) is 0 Å². The number of allylic oxidation sites excluding steroid dienone is 4. The lowest BCUT2D eigenvalue weighted by Gasteiger charge is -2.33. The van der Waals surface area contributed by atoms with E-state index in [9.17, 15) is 9.18 Å². The third-order valence-electron chi connectivity index (χ3n) is 5.30. The zero-order valence-electron chi connectivity index (χ0n) is 17.1. The van der Waals surface area contributed by atoms with Gasteiger partial charge in [-0.2, -0.15) is 4.98 Å². The predicted molar refractivity (Wildman–Crippen MR) is 112 cm³/mol. The predicted octanol–water partition coefficient (Wildman–Crippen LogP) is 2.82. The van der Waals surface area contributed by atoms with Gasteiger partial charge in [-0.3, -0.25) is 14.6 Å². The van der Waals surface area contributed by atoms with Gasteiger partial charge in [0, 0.05) is 43.9 Å². The summed E-state index contributed by atoms with van der Waals surface area (Å²) in [6.07, 6.45) is 4.41. The van der Waals surface area contributed by atoms with Crippen molar-refractivity contribution in [2.75, 3.05) is 38.0 Å². The summed E-state index contributed by atoms with van der Waals surface area (Å²) in [6.45, 7) is 6.21. The number of piperazine rings is 1. The van der Waals surface area contributed by atoms with E-state index in [4.69, 9.17) is 4.52 Å². The first kappa shape index (κ1) is 20.4. The Morgan fingerprint density at radius 3 is 2.63 bits per heavy atom. The Labute approximate surface area is 175 Å². The number of aromatic nitrogens is 2. The minimum Gasteiger partial charge on any atom is -0.338 e. The summed E-state index contributed by atoms with van der Waals surface area (Å²) in [5, 5.41) is 6.95. The van der Waals surface area contributed by atoms with Crippen molar-refractivity contribution in [1.29, 1.82) is 0 Å². The number of hydrogen-bond acceptors (Lipinski definition) is 6. The molecule has 0 spiro atoms. The van der Waals surface area contributed by atoms with E-state index < -0.39 is 6.17 Å². The molecule has 8 heteroatoms. The second kappa shape index (κ2) is 9.32. The number of aryl methyl sites for hydroxylation is 1. The molecular formula is C22H26FN5O2. The number of rotatable bonds is 6. The fourth-order valence-electron chi connectivity index (χ4n) is 3.53. The van der Waals surface area contributed by atoms with Crippen molar-refractivity contribution in [2.45, 2.75) is 26.1 Å². The quantitative estimate of drug-likeness (QED) is 0.788. The van der Waals surface area contributed by atoms with E-state index in [1.165, 1.54) is 6.08 Å². The summed E-state index contributed by atoms with van der Waals surface area (Å²) in [4.78, 5) is 21.1. The molecule has 1 unspecified atom stereocenters. The van der Waals surface area contributed by atoms with E-state index in [0.717, 1.165) is 43.0 Å². The van der Waals surface area contributed by atoms with Crippen LogP contribution in [0.25, 0.3) is 5.57 Å². The smallest absolute Gasteiger partial charge is 0.241 e. The van der Waals surface area contributed by atoms with E-state index in [-0.39, 0.29) is 5.91 Å². The lowest BCUT2D eigenvalue weighted by Crippen LogP contribution is -2.48. The van der Waals surface area contributed by atoms with Gasteiger partial charge < -0.3 is 9.84 Å². The van der Waals surface area contributed by atoms with Gasteiger partial charge in [-0.05, 0) is 25.1 Å². The van der Waals surface area contributed by atoms with Gasteiger partial charge >= 0.3 is 0 Å². The molecule has 2 heterocycles. The second-order valence-electron chi connectivity index (χ2n) is 7.75. The largest absolute Gasteiger partial charge is 0.338 e. The van der Waals surface area contributed by atoms with Crippen LogP contribution in [0.15, 0.2) is 47.0 Å². The van der Waals surface area contributed by atoms with E-state index in [1.807, 2.05) is 31.2 Å². The molecule has 2 aliphatic rings. The molecule has 7 nitrogen and oxygen atoms in total. The van der Waals surface area contributed by atoms with Crippen LogP contribution in [0.2, 0.25) is 0 Å². The van der Waals surface area contributed by atoms with Crippen LogP contribution in [-0.2, 0) is 11.3 Å². The third-order valence-corrected chi connectivity index (χ3v) is 5.30. The summed E-state index contributed by atoms with van der Waals surface area (Å²) in [5.74, 6) is 1.05. The number of anilines is 1. The Morgan fingerprint density at radius 1 is 1.20 bits per heavy atom. The second-order valence-corrected chi connectivity index (χ2v) is 7.75. The molecule has 1 amide bonds. The monoisotopic (exact) mass is 411 g/mol.